The van der Waals surface area contributed by atoms with Gasteiger partial charge in [0.2, 0.25) is 11.8 Å². The van der Waals surface area contributed by atoms with Crippen molar-refractivity contribution in [2.75, 3.05) is 0 Å². The number of amides is 2. The molecule has 0 radical (unpaired) electrons. The number of rotatable bonds is 8. The first-order chi connectivity index (χ1) is 15.6. The maximum atomic E-state index is 11.4. The molecule has 0 aromatic carbocycles. The Balaban J connectivity index is 0.000000663. The molecule has 0 aromatic rings. The van der Waals surface area contributed by atoms with Crippen LogP contribution in [-0.2, 0) is 24.5 Å². The Hall–Kier alpha value is -2.02. The Bertz CT molecular complexity index is 1130. The first-order valence-electron chi connectivity index (χ1n) is 10.6. The zero-order valence-corrected chi connectivity index (χ0v) is 23.7. The first-order valence-corrected chi connectivity index (χ1v) is 12.0. The van der Waals surface area contributed by atoms with Crippen molar-refractivity contribution in [1.82, 2.24) is 5.32 Å². The van der Waals surface area contributed by atoms with Gasteiger partial charge in [-0.2, -0.15) is 0 Å². The third kappa shape index (κ3) is 9.86. The number of hydrogen-bond acceptors (Lipinski definition) is 7. The minimum absolute atomic E-state index is 0. The number of primary amides is 1. The van der Waals surface area contributed by atoms with Gasteiger partial charge in [-0.15, -0.1) is 0 Å². The monoisotopic (exact) mass is 517 g/mol. The molecule has 2 rings (SSSR count). The molecule has 6 N–H and O–H groups in total. The first kappa shape index (κ1) is 33.0. The quantitative estimate of drug-likeness (QED) is 0.243. The summed E-state index contributed by atoms with van der Waals surface area (Å²) in [6.45, 7) is 9.27. The normalized spacial score (nSPS) is 12.7. The molecule has 0 bridgehead atoms. The second-order valence-corrected chi connectivity index (χ2v) is 9.79. The van der Waals surface area contributed by atoms with Gasteiger partial charge < -0.3 is 26.4 Å². The van der Waals surface area contributed by atoms with E-state index in [4.69, 9.17) is 16.6 Å². The van der Waals surface area contributed by atoms with E-state index in [1.54, 1.807) is 0 Å². The second kappa shape index (κ2) is 13.9. The maximum Gasteiger partial charge on any atom is 1.00 e. The van der Waals surface area contributed by atoms with Gasteiger partial charge in [0.25, 0.3) is 0 Å². The third-order valence-corrected chi connectivity index (χ3v) is 6.02. The van der Waals surface area contributed by atoms with Gasteiger partial charge in [0.05, 0.1) is 10.9 Å². The topological polar surface area (TPSA) is 193 Å². The van der Waals surface area contributed by atoms with Gasteiger partial charge in [0, 0.05) is 12.0 Å². The minimum Gasteiger partial charge on any atom is -0.744 e. The number of fused-ring (bicyclic) bond motifs is 1. The summed E-state index contributed by atoms with van der Waals surface area (Å²) in [6.07, 6.45) is -0.140. The van der Waals surface area contributed by atoms with Crippen LogP contribution in [0.2, 0.25) is 0 Å². The number of nitrogens with two attached hydrogens (primary N) is 2. The van der Waals surface area contributed by atoms with E-state index in [2.05, 4.69) is 19.2 Å². The smallest absolute Gasteiger partial charge is 0.744 e. The molecule has 0 fully saturated rings. The van der Waals surface area contributed by atoms with Crippen LogP contribution in [0.4, 0.5) is 0 Å². The largest absolute Gasteiger partial charge is 1.00 e. The van der Waals surface area contributed by atoms with Crippen molar-refractivity contribution < 1.29 is 62.0 Å². The molecule has 10 nitrogen and oxygen atoms in total. The van der Waals surface area contributed by atoms with Crippen LogP contribution in [0.5, 0.6) is 0 Å². The average Bonchev–Trinajstić information content (AvgIpc) is 2.93. The van der Waals surface area contributed by atoms with Gasteiger partial charge in [0.15, 0.2) is 0 Å². The molecule has 0 saturated carbocycles. The van der Waals surface area contributed by atoms with Crippen LogP contribution >= 0.6 is 0 Å². The number of carbonyl (C=O) groups excluding carboxylic acids is 2. The molecule has 188 valence electrons. The fourth-order valence-electron chi connectivity index (χ4n) is 3.19. The average molecular weight is 518 g/mol. The van der Waals surface area contributed by atoms with Gasteiger partial charge >= 0.3 is 35.5 Å². The minimum atomic E-state index is -4.44. The van der Waals surface area contributed by atoms with E-state index in [0.717, 1.165) is 22.3 Å². The van der Waals surface area contributed by atoms with E-state index < -0.39 is 40.0 Å². The van der Waals surface area contributed by atoms with E-state index in [0.29, 0.717) is 11.5 Å². The molecular weight excluding hydrogens is 485 g/mol. The van der Waals surface area contributed by atoms with Crippen molar-refractivity contribution in [1.29, 1.82) is 0 Å². The Labute approximate surface area is 228 Å². The zero-order valence-electron chi connectivity index (χ0n) is 20.9. The molecule has 0 saturated heterocycles. The molecule has 12 heteroatoms. The Morgan fingerprint density at radius 3 is 2.09 bits per heavy atom. The Morgan fingerprint density at radius 2 is 1.66 bits per heavy atom. The van der Waals surface area contributed by atoms with E-state index in [1.165, 1.54) is 13.0 Å². The van der Waals surface area contributed by atoms with Crippen molar-refractivity contribution in [3.63, 3.8) is 0 Å². The van der Waals surface area contributed by atoms with E-state index in [1.807, 2.05) is 32.0 Å². The molecule has 0 aliphatic heterocycles. The van der Waals surface area contributed by atoms with Crippen LogP contribution in [0.1, 0.15) is 56.2 Å². The number of carboxylic acid groups (broad SMARTS) is 1. The van der Waals surface area contributed by atoms with Gasteiger partial charge in [-0.3, -0.25) is 9.59 Å². The van der Waals surface area contributed by atoms with Crippen molar-refractivity contribution in [3.05, 3.63) is 41.0 Å². The van der Waals surface area contributed by atoms with Gasteiger partial charge in [-0.25, -0.2) is 13.2 Å². The molecule has 0 aromatic heterocycles. The van der Waals surface area contributed by atoms with Crippen LogP contribution in [-0.4, -0.2) is 47.9 Å². The third-order valence-electron chi connectivity index (χ3n) is 5.16. The van der Waals surface area contributed by atoms with Crippen LogP contribution in [0.3, 0.4) is 0 Å². The van der Waals surface area contributed by atoms with Gasteiger partial charge in [0.1, 0.15) is 16.2 Å². The maximum absolute atomic E-state index is 11.4. The summed E-state index contributed by atoms with van der Waals surface area (Å²) in [5, 5.41) is 10.9. The van der Waals surface area contributed by atoms with E-state index in [9.17, 15) is 27.4 Å². The summed E-state index contributed by atoms with van der Waals surface area (Å²) in [4.78, 5) is 32.1. The summed E-state index contributed by atoms with van der Waals surface area (Å²) >= 11 is 0. The molecule has 35 heavy (non-hydrogen) atoms. The molecular formula is C23H32N3NaO7S. The zero-order chi connectivity index (χ0) is 26.4. The number of hydrogen-bond donors (Lipinski definition) is 4. The van der Waals surface area contributed by atoms with Crippen molar-refractivity contribution >= 4 is 27.9 Å². The number of carboxylic acids is 1. The predicted molar refractivity (Wildman–Crippen MR) is 126 cm³/mol. The number of aryl methyl sites for hydroxylation is 2. The molecule has 2 amide bonds. The molecule has 0 spiro atoms. The summed E-state index contributed by atoms with van der Waals surface area (Å²) in [5.41, 5.74) is 14.3. The molecule has 2 aliphatic rings. The van der Waals surface area contributed by atoms with E-state index in [-0.39, 0.29) is 47.3 Å². The van der Waals surface area contributed by atoms with Crippen LogP contribution < -0.4 is 46.3 Å². The van der Waals surface area contributed by atoms with Crippen molar-refractivity contribution in [2.45, 2.75) is 70.4 Å². The molecule has 2 atom stereocenters. The fraction of sp³-hybridized carbons (Fsp3) is 0.435. The van der Waals surface area contributed by atoms with Gasteiger partial charge in [-0.05, 0) is 61.4 Å². The van der Waals surface area contributed by atoms with Crippen molar-refractivity contribution in [2.24, 2.45) is 11.5 Å². The summed E-state index contributed by atoms with van der Waals surface area (Å²) in [7, 11) is -4.44. The predicted octanol–water partition coefficient (Wildman–Crippen LogP) is -1.39. The van der Waals surface area contributed by atoms with E-state index >= 15 is 0 Å². The molecule has 2 aliphatic carbocycles. The molecule has 0 heterocycles. The standard InChI is InChI=1S/C15H18O3S.C8H15N3O4.Na/c1-9(2)12-6-5-10(3)15-13(8-12)11(4)7-14(15)19(16,17)18;1-4(9)7(13)11-5(8(14)15)2-3-6(10)12;/h5-9H,1-4H3,(H,16,17,18);4-5H,2-3,9H2,1H3,(H2,10,12)(H,11,13)(H,14,15);/q;;+1/p-1/t;4-,5-;/m.0./s1. The number of aliphatic carboxylic acids is 1. The van der Waals surface area contributed by atoms with Gasteiger partial charge in [-0.1, -0.05) is 32.0 Å². The van der Waals surface area contributed by atoms with Crippen LogP contribution in [0, 0.1) is 13.8 Å². The van der Waals surface area contributed by atoms with Crippen LogP contribution in [0.25, 0.3) is 11.1 Å². The van der Waals surface area contributed by atoms with Crippen molar-refractivity contribution in [3.8, 4) is 11.1 Å². The molecule has 0 unspecified atom stereocenters. The summed E-state index contributed by atoms with van der Waals surface area (Å²) in [6, 6.07) is 5.41. The summed E-state index contributed by atoms with van der Waals surface area (Å²) in [5.74, 6) is -2.06. The number of carbonyl (C=O) groups is 3. The summed E-state index contributed by atoms with van der Waals surface area (Å²) < 4.78 is 34.1. The van der Waals surface area contributed by atoms with Crippen LogP contribution in [0.15, 0.2) is 29.2 Å². The number of nitrogens with one attached hydrogen (secondary N) is 1. The Morgan fingerprint density at radius 1 is 1.09 bits per heavy atom. The fourth-order valence-corrected chi connectivity index (χ4v) is 4.03. The Kier molecular flexibility index (Phi) is 13.1. The SMILES string of the molecule is C[C@H](N)C(=O)N[C@@H](CCC(N)=O)C(=O)O.Cc1cc(S(=O)(=O)[O-])c2c(C)ccc(C(C)C)cc1-2.[Na+]. The second-order valence-electron chi connectivity index (χ2n) is 8.44.